The van der Waals surface area contributed by atoms with Crippen LogP contribution >= 0.6 is 0 Å². The van der Waals surface area contributed by atoms with Crippen molar-refractivity contribution in [1.82, 2.24) is 0 Å². The van der Waals surface area contributed by atoms with Crippen LogP contribution in [-0.4, -0.2) is 28.8 Å². The molecule has 0 fully saturated rings. The lowest BCUT2D eigenvalue weighted by Gasteiger charge is -2.11. The Bertz CT molecular complexity index is 412. The zero-order valence-corrected chi connectivity index (χ0v) is 9.59. The van der Waals surface area contributed by atoms with E-state index >= 15 is 0 Å². The molecule has 0 bridgehead atoms. The van der Waals surface area contributed by atoms with Crippen molar-refractivity contribution >= 4 is 11.6 Å². The van der Waals surface area contributed by atoms with Crippen LogP contribution in [0.15, 0.2) is 24.3 Å². The summed E-state index contributed by atoms with van der Waals surface area (Å²) in [5, 5.41) is 9.09. The normalized spacial score (nSPS) is 14.1. The second-order valence-corrected chi connectivity index (χ2v) is 3.99. The number of hydrogen-bond acceptors (Lipinski definition) is 5. The van der Waals surface area contributed by atoms with E-state index in [-0.39, 0.29) is 12.2 Å². The van der Waals surface area contributed by atoms with Crippen LogP contribution in [0, 0.1) is 0 Å². The summed E-state index contributed by atoms with van der Waals surface area (Å²) in [7, 11) is 0. The average Bonchev–Trinajstić information content (AvgIpc) is 2.30. The number of aromatic hydroxyl groups is 1. The van der Waals surface area contributed by atoms with Gasteiger partial charge in [0.25, 0.3) is 0 Å². The average molecular weight is 236 g/mol. The molecule has 1 aromatic rings. The number of ketones is 2. The first-order valence-electron chi connectivity index (χ1n) is 5.29. The van der Waals surface area contributed by atoms with Gasteiger partial charge < -0.3 is 16.6 Å². The maximum absolute atomic E-state index is 11.6. The van der Waals surface area contributed by atoms with E-state index in [1.165, 1.54) is 19.1 Å². The number of carbonyl (C=O) groups excluding carboxylic acids is 2. The molecule has 0 radical (unpaired) electrons. The summed E-state index contributed by atoms with van der Waals surface area (Å²) in [4.78, 5) is 22.9. The van der Waals surface area contributed by atoms with E-state index in [2.05, 4.69) is 0 Å². The lowest BCUT2D eigenvalue weighted by atomic mass is 9.98. The molecule has 1 rings (SSSR count). The lowest BCUT2D eigenvalue weighted by molar-refractivity contribution is -0.137. The number of rotatable bonds is 5. The molecule has 0 unspecified atom stereocenters. The fraction of sp³-hybridized carbons (Fsp3) is 0.333. The van der Waals surface area contributed by atoms with E-state index in [1.54, 1.807) is 12.1 Å². The van der Waals surface area contributed by atoms with Crippen LogP contribution in [0.2, 0.25) is 0 Å². The highest BCUT2D eigenvalue weighted by atomic mass is 16.3. The largest absolute Gasteiger partial charge is 0.508 e. The van der Waals surface area contributed by atoms with Crippen LogP contribution in [0.5, 0.6) is 5.75 Å². The van der Waals surface area contributed by atoms with Gasteiger partial charge in [0.2, 0.25) is 11.6 Å². The summed E-state index contributed by atoms with van der Waals surface area (Å²) in [6.07, 6.45) is 0.248. The molecule has 0 aliphatic rings. The SMILES string of the molecule is C[C@@H](N)C(=O)C(=O)[C@@H](N)Cc1ccc(O)cc1. The van der Waals surface area contributed by atoms with Gasteiger partial charge in [-0.15, -0.1) is 0 Å². The third kappa shape index (κ3) is 3.65. The van der Waals surface area contributed by atoms with Gasteiger partial charge in [0.1, 0.15) is 5.75 Å². The van der Waals surface area contributed by atoms with Gasteiger partial charge in [-0.05, 0) is 31.0 Å². The molecule has 17 heavy (non-hydrogen) atoms. The van der Waals surface area contributed by atoms with Gasteiger partial charge in [-0.25, -0.2) is 0 Å². The van der Waals surface area contributed by atoms with Gasteiger partial charge >= 0.3 is 0 Å². The number of Topliss-reactive ketones (excluding diaryl/α,β-unsaturated/α-hetero) is 2. The minimum atomic E-state index is -0.891. The number of carbonyl (C=O) groups is 2. The third-order valence-electron chi connectivity index (χ3n) is 2.39. The smallest absolute Gasteiger partial charge is 0.216 e. The number of phenols is 1. The Labute approximate surface area is 99.4 Å². The molecule has 0 saturated heterocycles. The predicted octanol–water partition coefficient (Wildman–Crippen LogP) is -0.253. The molecule has 1 aromatic carbocycles. The number of nitrogens with two attached hydrogens (primary N) is 2. The minimum Gasteiger partial charge on any atom is -0.508 e. The molecule has 0 aliphatic heterocycles. The summed E-state index contributed by atoms with van der Waals surface area (Å²) < 4.78 is 0. The van der Waals surface area contributed by atoms with E-state index < -0.39 is 23.7 Å². The van der Waals surface area contributed by atoms with Gasteiger partial charge in [-0.2, -0.15) is 0 Å². The van der Waals surface area contributed by atoms with Crippen molar-refractivity contribution in [2.24, 2.45) is 11.5 Å². The highest BCUT2D eigenvalue weighted by Gasteiger charge is 2.24. The Hall–Kier alpha value is -1.72. The Morgan fingerprint density at radius 2 is 1.71 bits per heavy atom. The molecule has 0 spiro atoms. The molecule has 5 N–H and O–H groups in total. The van der Waals surface area contributed by atoms with Crippen molar-refractivity contribution in [2.45, 2.75) is 25.4 Å². The van der Waals surface area contributed by atoms with E-state index in [4.69, 9.17) is 16.6 Å². The molecule has 0 heterocycles. The van der Waals surface area contributed by atoms with Gasteiger partial charge in [-0.1, -0.05) is 12.1 Å². The summed E-state index contributed by atoms with van der Waals surface area (Å²) in [5.74, 6) is -1.18. The van der Waals surface area contributed by atoms with Crippen LogP contribution in [0.4, 0.5) is 0 Å². The maximum Gasteiger partial charge on any atom is 0.216 e. The first-order valence-corrected chi connectivity index (χ1v) is 5.29. The van der Waals surface area contributed by atoms with E-state index in [0.29, 0.717) is 0 Å². The van der Waals surface area contributed by atoms with Crippen LogP contribution in [0.3, 0.4) is 0 Å². The fourth-order valence-corrected chi connectivity index (χ4v) is 1.39. The molecule has 0 aromatic heterocycles. The van der Waals surface area contributed by atoms with Crippen molar-refractivity contribution in [3.8, 4) is 5.75 Å². The molecule has 0 saturated carbocycles. The van der Waals surface area contributed by atoms with Gasteiger partial charge in [0.15, 0.2) is 0 Å². The summed E-state index contributed by atoms with van der Waals surface area (Å²) in [6, 6.07) is 4.59. The van der Waals surface area contributed by atoms with Crippen molar-refractivity contribution < 1.29 is 14.7 Å². The van der Waals surface area contributed by atoms with Crippen LogP contribution < -0.4 is 11.5 Å². The zero-order chi connectivity index (χ0) is 13.0. The molecular formula is C12H16N2O3. The lowest BCUT2D eigenvalue weighted by Crippen LogP contribution is -2.44. The quantitative estimate of drug-likeness (QED) is 0.611. The van der Waals surface area contributed by atoms with Gasteiger partial charge in [-0.3, -0.25) is 9.59 Å². The zero-order valence-electron chi connectivity index (χ0n) is 9.59. The second kappa shape index (κ2) is 5.56. The highest BCUT2D eigenvalue weighted by Crippen LogP contribution is 2.11. The monoisotopic (exact) mass is 236 g/mol. The number of hydrogen-bond donors (Lipinski definition) is 3. The van der Waals surface area contributed by atoms with Crippen molar-refractivity contribution in [3.05, 3.63) is 29.8 Å². The maximum atomic E-state index is 11.6. The van der Waals surface area contributed by atoms with E-state index in [1.807, 2.05) is 0 Å². The molecular weight excluding hydrogens is 220 g/mol. The standard InChI is InChI=1S/C12H16N2O3/c1-7(13)11(16)12(17)10(14)6-8-2-4-9(15)5-3-8/h2-5,7,10,15H,6,13-14H2,1H3/t7-,10+/m1/s1. The molecule has 0 amide bonds. The highest BCUT2D eigenvalue weighted by molar-refractivity contribution is 6.40. The topological polar surface area (TPSA) is 106 Å². The Kier molecular flexibility index (Phi) is 4.37. The third-order valence-corrected chi connectivity index (χ3v) is 2.39. The Balaban J connectivity index is 2.66. The predicted molar refractivity (Wildman–Crippen MR) is 63.4 cm³/mol. The fourth-order valence-electron chi connectivity index (χ4n) is 1.39. The second-order valence-electron chi connectivity index (χ2n) is 3.99. The molecule has 5 heteroatoms. The first kappa shape index (κ1) is 13.3. The Morgan fingerprint density at radius 1 is 1.18 bits per heavy atom. The van der Waals surface area contributed by atoms with Gasteiger partial charge in [0.05, 0.1) is 12.1 Å². The molecule has 92 valence electrons. The Morgan fingerprint density at radius 3 is 2.18 bits per heavy atom. The summed E-state index contributed by atoms with van der Waals surface area (Å²) in [6.45, 7) is 1.45. The van der Waals surface area contributed by atoms with Crippen molar-refractivity contribution in [2.75, 3.05) is 0 Å². The van der Waals surface area contributed by atoms with Crippen LogP contribution in [0.1, 0.15) is 12.5 Å². The number of benzene rings is 1. The molecule has 5 nitrogen and oxygen atoms in total. The van der Waals surface area contributed by atoms with Gasteiger partial charge in [0, 0.05) is 0 Å². The van der Waals surface area contributed by atoms with Crippen LogP contribution in [-0.2, 0) is 16.0 Å². The molecule has 2 atom stereocenters. The van der Waals surface area contributed by atoms with Crippen molar-refractivity contribution in [3.63, 3.8) is 0 Å². The first-order chi connectivity index (χ1) is 7.91. The van der Waals surface area contributed by atoms with E-state index in [0.717, 1.165) is 5.56 Å². The van der Waals surface area contributed by atoms with Crippen LogP contribution in [0.25, 0.3) is 0 Å². The summed E-state index contributed by atoms with van der Waals surface area (Å²) >= 11 is 0. The number of phenolic OH excluding ortho intramolecular Hbond substituents is 1. The summed E-state index contributed by atoms with van der Waals surface area (Å²) in [5.41, 5.74) is 11.7. The molecule has 0 aliphatic carbocycles. The minimum absolute atomic E-state index is 0.139. The van der Waals surface area contributed by atoms with E-state index in [9.17, 15) is 9.59 Å². The van der Waals surface area contributed by atoms with Crippen molar-refractivity contribution in [1.29, 1.82) is 0 Å².